The first kappa shape index (κ1) is 30.2. The minimum absolute atomic E-state index is 0.133. The highest BCUT2D eigenvalue weighted by atomic mass is 16.7. The number of hydrogen-bond acceptors (Lipinski definition) is 6. The lowest BCUT2D eigenvalue weighted by Gasteiger charge is -2.33. The molecule has 0 bridgehead atoms. The molecule has 39 heavy (non-hydrogen) atoms. The standard InChI is InChI=1S/C32H47BO6/c1-24-10-12-26-27-13-11-25(33-38-30(2,3)31(4,5)39-33)23-29(27)32(28(26)22-24,14-8-16-36-20-18-34-6)15-9-17-37-21-19-35-7/h10-13,22-23H,8-9,14-21H2,1-7H3. The van der Waals surface area contributed by atoms with Crippen LogP contribution in [0.4, 0.5) is 0 Å². The third-order valence-electron chi connectivity index (χ3n) is 8.71. The summed E-state index contributed by atoms with van der Waals surface area (Å²) < 4.78 is 35.0. The predicted molar refractivity (Wildman–Crippen MR) is 157 cm³/mol. The molecule has 1 fully saturated rings. The lowest BCUT2D eigenvalue weighted by Crippen LogP contribution is -2.41. The van der Waals surface area contributed by atoms with Gasteiger partial charge in [0.15, 0.2) is 0 Å². The van der Waals surface area contributed by atoms with E-state index in [0.29, 0.717) is 39.6 Å². The molecule has 0 saturated carbocycles. The summed E-state index contributed by atoms with van der Waals surface area (Å²) in [6.45, 7) is 14.5. The van der Waals surface area contributed by atoms with E-state index in [1.54, 1.807) is 14.2 Å². The van der Waals surface area contributed by atoms with Gasteiger partial charge in [0.25, 0.3) is 0 Å². The van der Waals surface area contributed by atoms with Crippen molar-refractivity contribution in [2.24, 2.45) is 0 Å². The molecule has 6 nitrogen and oxygen atoms in total. The van der Waals surface area contributed by atoms with Crippen molar-refractivity contribution >= 4 is 12.6 Å². The van der Waals surface area contributed by atoms with Crippen LogP contribution in [-0.4, -0.2) is 72.2 Å². The Labute approximate surface area is 235 Å². The van der Waals surface area contributed by atoms with Crippen molar-refractivity contribution in [3.05, 3.63) is 53.1 Å². The molecule has 2 aromatic rings. The van der Waals surface area contributed by atoms with Gasteiger partial charge in [-0.25, -0.2) is 0 Å². The van der Waals surface area contributed by atoms with Crippen LogP contribution in [0.15, 0.2) is 36.4 Å². The third kappa shape index (κ3) is 6.45. The van der Waals surface area contributed by atoms with Crippen molar-refractivity contribution < 1.29 is 28.3 Å². The van der Waals surface area contributed by atoms with Gasteiger partial charge in [-0.15, -0.1) is 0 Å². The minimum atomic E-state index is -0.391. The predicted octanol–water partition coefficient (Wildman–Crippen LogP) is 5.45. The summed E-state index contributed by atoms with van der Waals surface area (Å²) in [5.74, 6) is 0. The number of rotatable bonds is 15. The highest BCUT2D eigenvalue weighted by Crippen LogP contribution is 2.54. The summed E-state index contributed by atoms with van der Waals surface area (Å²) in [5, 5.41) is 0. The fourth-order valence-corrected chi connectivity index (χ4v) is 5.86. The Morgan fingerprint density at radius 3 is 1.72 bits per heavy atom. The third-order valence-corrected chi connectivity index (χ3v) is 8.71. The van der Waals surface area contributed by atoms with Crippen LogP contribution in [0.1, 0.15) is 70.1 Å². The Morgan fingerprint density at radius 2 is 1.18 bits per heavy atom. The Bertz CT molecular complexity index is 1070. The Kier molecular flexibility index (Phi) is 9.95. The highest BCUT2D eigenvalue weighted by molar-refractivity contribution is 6.62. The van der Waals surface area contributed by atoms with Crippen molar-refractivity contribution in [3.8, 4) is 11.1 Å². The Morgan fingerprint density at radius 1 is 0.667 bits per heavy atom. The molecule has 1 saturated heterocycles. The van der Waals surface area contributed by atoms with Crippen molar-refractivity contribution in [3.63, 3.8) is 0 Å². The molecule has 0 unspecified atom stereocenters. The molecule has 7 heteroatoms. The van der Waals surface area contributed by atoms with E-state index in [1.165, 1.54) is 27.8 Å². The van der Waals surface area contributed by atoms with Crippen LogP contribution in [-0.2, 0) is 33.7 Å². The molecule has 214 valence electrons. The molecule has 0 spiro atoms. The maximum Gasteiger partial charge on any atom is 0.494 e. The fourth-order valence-electron chi connectivity index (χ4n) is 5.86. The topological polar surface area (TPSA) is 55.4 Å². The second-order valence-corrected chi connectivity index (χ2v) is 11.9. The zero-order valence-corrected chi connectivity index (χ0v) is 25.1. The molecule has 0 N–H and O–H groups in total. The molecule has 0 amide bonds. The number of aryl methyl sites for hydroxylation is 1. The monoisotopic (exact) mass is 538 g/mol. The average Bonchev–Trinajstić information content (AvgIpc) is 3.29. The van der Waals surface area contributed by atoms with Gasteiger partial charge in [0.1, 0.15) is 0 Å². The second kappa shape index (κ2) is 12.8. The first-order chi connectivity index (χ1) is 18.6. The molecular formula is C32H47BO6. The molecule has 0 radical (unpaired) electrons. The summed E-state index contributed by atoms with van der Waals surface area (Å²) >= 11 is 0. The quantitative estimate of drug-likeness (QED) is 0.222. The molecule has 1 heterocycles. The van der Waals surface area contributed by atoms with Gasteiger partial charge in [0.2, 0.25) is 0 Å². The molecule has 1 aliphatic carbocycles. The fraction of sp³-hybridized carbons (Fsp3) is 0.625. The van der Waals surface area contributed by atoms with Crippen LogP contribution in [0.2, 0.25) is 0 Å². The maximum atomic E-state index is 6.46. The van der Waals surface area contributed by atoms with Gasteiger partial charge in [0.05, 0.1) is 37.6 Å². The SMILES string of the molecule is COCCOCCCC1(CCCOCCOC)c2cc(C)ccc2-c2ccc(B3OC(C)(C)C(C)(C)O3)cc21. The van der Waals surface area contributed by atoms with Crippen LogP contribution >= 0.6 is 0 Å². The maximum absolute atomic E-state index is 6.46. The van der Waals surface area contributed by atoms with Crippen LogP contribution < -0.4 is 5.46 Å². The summed E-state index contributed by atoms with van der Waals surface area (Å²) in [7, 11) is 3.02. The van der Waals surface area contributed by atoms with Crippen molar-refractivity contribution in [2.45, 2.75) is 76.9 Å². The highest BCUT2D eigenvalue weighted by Gasteiger charge is 2.52. The van der Waals surface area contributed by atoms with Gasteiger partial charge >= 0.3 is 7.12 Å². The molecule has 0 aromatic heterocycles. The van der Waals surface area contributed by atoms with Crippen LogP contribution in [0, 0.1) is 6.92 Å². The van der Waals surface area contributed by atoms with Gasteiger partial charge in [-0.2, -0.15) is 0 Å². The molecule has 4 rings (SSSR count). The number of benzene rings is 2. The van der Waals surface area contributed by atoms with Crippen LogP contribution in [0.3, 0.4) is 0 Å². The normalized spacial score (nSPS) is 18.4. The Hall–Kier alpha value is -1.74. The number of hydrogen-bond donors (Lipinski definition) is 0. The second-order valence-electron chi connectivity index (χ2n) is 11.9. The number of methoxy groups -OCH3 is 2. The van der Waals surface area contributed by atoms with Crippen molar-refractivity contribution in [2.75, 3.05) is 53.9 Å². The van der Waals surface area contributed by atoms with Crippen molar-refractivity contribution in [1.82, 2.24) is 0 Å². The van der Waals surface area contributed by atoms with Crippen LogP contribution in [0.25, 0.3) is 11.1 Å². The van der Waals surface area contributed by atoms with E-state index < -0.39 is 7.12 Å². The van der Waals surface area contributed by atoms with Gasteiger partial charge in [-0.3, -0.25) is 0 Å². The van der Waals surface area contributed by atoms with Crippen molar-refractivity contribution in [1.29, 1.82) is 0 Å². The zero-order valence-electron chi connectivity index (χ0n) is 25.1. The van der Waals surface area contributed by atoms with E-state index in [-0.39, 0.29) is 16.6 Å². The molecule has 0 atom stereocenters. The Balaban J connectivity index is 1.68. The van der Waals surface area contributed by atoms with E-state index >= 15 is 0 Å². The lowest BCUT2D eigenvalue weighted by atomic mass is 9.69. The lowest BCUT2D eigenvalue weighted by molar-refractivity contribution is 0.00578. The first-order valence-corrected chi connectivity index (χ1v) is 14.4. The van der Waals surface area contributed by atoms with E-state index in [4.69, 9.17) is 28.3 Å². The minimum Gasteiger partial charge on any atom is -0.399 e. The summed E-state index contributed by atoms with van der Waals surface area (Å²) in [4.78, 5) is 0. The average molecular weight is 539 g/mol. The van der Waals surface area contributed by atoms with E-state index in [1.807, 2.05) is 0 Å². The molecular weight excluding hydrogens is 491 g/mol. The smallest absolute Gasteiger partial charge is 0.399 e. The molecule has 1 aliphatic heterocycles. The van der Waals surface area contributed by atoms with Crippen LogP contribution in [0.5, 0.6) is 0 Å². The molecule has 2 aromatic carbocycles. The van der Waals surface area contributed by atoms with E-state index in [0.717, 1.165) is 31.1 Å². The van der Waals surface area contributed by atoms with Gasteiger partial charge in [-0.05, 0) is 88.0 Å². The first-order valence-electron chi connectivity index (χ1n) is 14.4. The summed E-state index contributed by atoms with van der Waals surface area (Å²) in [5.41, 5.74) is 6.88. The molecule has 2 aliphatic rings. The number of fused-ring (bicyclic) bond motifs is 3. The van der Waals surface area contributed by atoms with Gasteiger partial charge < -0.3 is 28.3 Å². The van der Waals surface area contributed by atoms with E-state index in [9.17, 15) is 0 Å². The van der Waals surface area contributed by atoms with Gasteiger partial charge in [0, 0.05) is 32.8 Å². The zero-order chi connectivity index (χ0) is 28.1. The van der Waals surface area contributed by atoms with Gasteiger partial charge in [-0.1, -0.05) is 42.0 Å². The van der Waals surface area contributed by atoms with E-state index in [2.05, 4.69) is 71.0 Å². The summed E-state index contributed by atoms with van der Waals surface area (Å²) in [6, 6.07) is 13.7. The summed E-state index contributed by atoms with van der Waals surface area (Å²) in [6.07, 6.45) is 3.91. The number of ether oxygens (including phenoxy) is 4. The largest absolute Gasteiger partial charge is 0.494 e.